The molecule has 1 heterocycles. The van der Waals surface area contributed by atoms with Gasteiger partial charge in [0.2, 0.25) is 0 Å². The van der Waals surface area contributed by atoms with Crippen molar-refractivity contribution in [2.24, 2.45) is 0 Å². The van der Waals surface area contributed by atoms with Crippen LogP contribution >= 0.6 is 11.3 Å². The van der Waals surface area contributed by atoms with Crippen molar-refractivity contribution in [3.8, 4) is 22.3 Å². The van der Waals surface area contributed by atoms with Gasteiger partial charge >= 0.3 is 0 Å². The lowest BCUT2D eigenvalue weighted by atomic mass is 9.87. The van der Waals surface area contributed by atoms with E-state index in [0.717, 1.165) is 0 Å². The topological polar surface area (TPSA) is 0 Å². The van der Waals surface area contributed by atoms with Crippen LogP contribution < -0.4 is 0 Å². The van der Waals surface area contributed by atoms with E-state index < -0.39 is 0 Å². The molecule has 23 heavy (non-hydrogen) atoms. The molecule has 0 N–H and O–H groups in total. The lowest BCUT2D eigenvalue weighted by molar-refractivity contribution is 0.998. The van der Waals surface area contributed by atoms with Gasteiger partial charge in [-0.3, -0.25) is 0 Å². The smallest absolute Gasteiger partial charge is 0.0102 e. The molecule has 0 nitrogen and oxygen atoms in total. The predicted octanol–water partition coefficient (Wildman–Crippen LogP) is 6.50. The first-order valence-electron chi connectivity index (χ1n) is 8.62. The summed E-state index contributed by atoms with van der Waals surface area (Å²) in [5.74, 6) is 0. The fraction of sp³-hybridized carbons (Fsp3) is 0.364. The maximum absolute atomic E-state index is 2.35. The molecule has 0 atom stereocenters. The maximum atomic E-state index is 2.35. The van der Waals surface area contributed by atoms with Crippen LogP contribution in [0.5, 0.6) is 0 Å². The Labute approximate surface area is 142 Å². The van der Waals surface area contributed by atoms with Gasteiger partial charge in [0.15, 0.2) is 0 Å². The summed E-state index contributed by atoms with van der Waals surface area (Å²) >= 11 is 1.97. The van der Waals surface area contributed by atoms with Crippen molar-refractivity contribution >= 4 is 22.1 Å². The van der Waals surface area contributed by atoms with Crippen LogP contribution in [0.25, 0.3) is 33.0 Å². The SMILES string of the molecule is Cc1sc(C)c2c1-c1c(C)c(C)c3c4c(c(C)c(C)c-2c14)CC3. The van der Waals surface area contributed by atoms with Crippen LogP contribution in [0.4, 0.5) is 0 Å². The Balaban J connectivity index is 2.17. The first-order valence-corrected chi connectivity index (χ1v) is 9.43. The molecule has 0 aliphatic heterocycles. The van der Waals surface area contributed by atoms with Crippen molar-refractivity contribution in [1.29, 1.82) is 0 Å². The summed E-state index contributed by atoms with van der Waals surface area (Å²) in [6, 6.07) is 0. The summed E-state index contributed by atoms with van der Waals surface area (Å²) in [4.78, 5) is 2.98. The Morgan fingerprint density at radius 3 is 1.39 bits per heavy atom. The number of hydrogen-bond donors (Lipinski definition) is 0. The number of aryl methyl sites for hydroxylation is 4. The van der Waals surface area contributed by atoms with Gasteiger partial charge in [0.25, 0.3) is 0 Å². The van der Waals surface area contributed by atoms with Crippen molar-refractivity contribution in [3.63, 3.8) is 0 Å². The summed E-state index contributed by atoms with van der Waals surface area (Å²) in [6.07, 6.45) is 2.46. The highest BCUT2D eigenvalue weighted by molar-refractivity contribution is 7.13. The Morgan fingerprint density at radius 1 is 0.522 bits per heavy atom. The number of thiophene rings is 1. The summed E-state index contributed by atoms with van der Waals surface area (Å²) in [5, 5.41) is 3.20. The van der Waals surface area contributed by atoms with E-state index in [1.807, 2.05) is 11.3 Å². The number of hydrogen-bond acceptors (Lipinski definition) is 1. The van der Waals surface area contributed by atoms with Gasteiger partial charge in [0.05, 0.1) is 0 Å². The zero-order valence-electron chi connectivity index (χ0n) is 14.8. The minimum absolute atomic E-state index is 1.23. The first-order chi connectivity index (χ1) is 10.9. The highest BCUT2D eigenvalue weighted by Gasteiger charge is 2.35. The van der Waals surface area contributed by atoms with E-state index in [0.29, 0.717) is 0 Å². The van der Waals surface area contributed by atoms with Gasteiger partial charge in [0.1, 0.15) is 0 Å². The Kier molecular flexibility index (Phi) is 2.45. The zero-order chi connectivity index (χ0) is 16.2. The predicted molar refractivity (Wildman–Crippen MR) is 102 cm³/mol. The van der Waals surface area contributed by atoms with Gasteiger partial charge < -0.3 is 0 Å². The second kappa shape index (κ2) is 4.08. The largest absolute Gasteiger partial charge is 0.145 e. The highest BCUT2D eigenvalue weighted by Crippen LogP contribution is 2.58. The maximum Gasteiger partial charge on any atom is 0.0102 e. The normalized spacial score (nSPS) is 14.2. The van der Waals surface area contributed by atoms with Crippen molar-refractivity contribution < 1.29 is 0 Å². The van der Waals surface area contributed by atoms with Crippen LogP contribution in [0.15, 0.2) is 0 Å². The quantitative estimate of drug-likeness (QED) is 0.347. The van der Waals surface area contributed by atoms with E-state index in [4.69, 9.17) is 0 Å². The summed E-state index contributed by atoms with van der Waals surface area (Å²) in [7, 11) is 0. The Bertz CT molecular complexity index is 981. The molecule has 2 aliphatic rings. The van der Waals surface area contributed by atoms with E-state index in [-0.39, 0.29) is 0 Å². The van der Waals surface area contributed by atoms with Crippen LogP contribution in [0.2, 0.25) is 0 Å². The van der Waals surface area contributed by atoms with E-state index in [2.05, 4.69) is 41.5 Å². The minimum atomic E-state index is 1.23. The van der Waals surface area contributed by atoms with Crippen molar-refractivity contribution in [1.82, 2.24) is 0 Å². The van der Waals surface area contributed by atoms with Crippen molar-refractivity contribution in [2.75, 3.05) is 0 Å². The lowest BCUT2D eigenvalue weighted by Gasteiger charge is -2.17. The summed E-state index contributed by atoms with van der Waals surface area (Å²) in [5.41, 5.74) is 15.6. The zero-order valence-corrected chi connectivity index (χ0v) is 15.6. The van der Waals surface area contributed by atoms with Gasteiger partial charge in [-0.2, -0.15) is 0 Å². The fourth-order valence-corrected chi connectivity index (χ4v) is 6.29. The first kappa shape index (κ1) is 13.8. The third-order valence-corrected chi connectivity index (χ3v) is 7.54. The Hall–Kier alpha value is -1.60. The van der Waals surface area contributed by atoms with Crippen molar-refractivity contribution in [2.45, 2.75) is 54.4 Å². The highest BCUT2D eigenvalue weighted by atomic mass is 32.1. The molecule has 116 valence electrons. The molecule has 0 spiro atoms. The molecule has 1 aromatic heterocycles. The van der Waals surface area contributed by atoms with E-state index >= 15 is 0 Å². The third-order valence-electron chi connectivity index (χ3n) is 6.52. The van der Waals surface area contributed by atoms with Crippen LogP contribution in [0, 0.1) is 41.5 Å². The molecule has 0 unspecified atom stereocenters. The third kappa shape index (κ3) is 1.35. The summed E-state index contributed by atoms with van der Waals surface area (Å²) in [6.45, 7) is 14.0. The van der Waals surface area contributed by atoms with E-state index in [1.54, 1.807) is 44.2 Å². The molecule has 0 radical (unpaired) electrons. The van der Waals surface area contributed by atoms with E-state index in [9.17, 15) is 0 Å². The van der Waals surface area contributed by atoms with E-state index in [1.165, 1.54) is 44.8 Å². The summed E-state index contributed by atoms with van der Waals surface area (Å²) < 4.78 is 0. The van der Waals surface area contributed by atoms with Gasteiger partial charge in [-0.1, -0.05) is 0 Å². The molecule has 3 aromatic rings. The molecule has 0 bridgehead atoms. The molecule has 2 aliphatic carbocycles. The van der Waals surface area contributed by atoms with Gasteiger partial charge in [0, 0.05) is 20.9 Å². The molecule has 0 saturated heterocycles. The Morgan fingerprint density at radius 2 is 0.957 bits per heavy atom. The molecule has 0 fully saturated rings. The van der Waals surface area contributed by atoms with Gasteiger partial charge in [-0.05, 0) is 110 Å². The van der Waals surface area contributed by atoms with Crippen LogP contribution in [0.1, 0.15) is 43.1 Å². The number of fused-ring (bicyclic) bond motifs is 3. The molecule has 5 rings (SSSR count). The van der Waals surface area contributed by atoms with Crippen LogP contribution in [-0.2, 0) is 12.8 Å². The molecular weight excluding hydrogens is 296 g/mol. The van der Waals surface area contributed by atoms with Crippen LogP contribution in [-0.4, -0.2) is 0 Å². The number of benzene rings is 2. The second-order valence-corrected chi connectivity index (χ2v) is 8.85. The molecule has 0 saturated carbocycles. The van der Waals surface area contributed by atoms with Crippen LogP contribution in [0.3, 0.4) is 0 Å². The standard InChI is InChI=1S/C22H22S/c1-9-11(3)17-19-13(5)23-14(6)20(19)18-12(4)10(2)16-8-7-15(9)21(16)22(17)18/h7-8H2,1-6H3. The molecule has 1 heteroatoms. The molecule has 0 amide bonds. The second-order valence-electron chi connectivity index (χ2n) is 7.42. The van der Waals surface area contributed by atoms with Gasteiger partial charge in [-0.15, -0.1) is 11.3 Å². The average molecular weight is 318 g/mol. The fourth-order valence-electron chi connectivity index (χ4n) is 5.22. The monoisotopic (exact) mass is 318 g/mol. The van der Waals surface area contributed by atoms with Gasteiger partial charge in [-0.25, -0.2) is 0 Å². The number of rotatable bonds is 0. The van der Waals surface area contributed by atoms with Crippen molar-refractivity contribution in [3.05, 3.63) is 43.1 Å². The minimum Gasteiger partial charge on any atom is -0.145 e. The lowest BCUT2D eigenvalue weighted by Crippen LogP contribution is -1.95. The average Bonchev–Trinajstić information content (AvgIpc) is 3.15. The molecular formula is C22H22S. The molecule has 2 aromatic carbocycles.